The second-order valence-corrected chi connectivity index (χ2v) is 6.76. The number of hydrogen-bond donors (Lipinski definition) is 2. The molecule has 152 valence electrons. The van der Waals surface area contributed by atoms with Gasteiger partial charge in [-0.15, -0.1) is 0 Å². The van der Waals surface area contributed by atoms with Crippen molar-refractivity contribution >= 4 is 5.91 Å². The van der Waals surface area contributed by atoms with Gasteiger partial charge in [-0.25, -0.2) is 0 Å². The van der Waals surface area contributed by atoms with E-state index in [1.807, 2.05) is 56.3 Å². The highest BCUT2D eigenvalue weighted by Gasteiger charge is 2.21. The molecule has 0 aliphatic carbocycles. The molecule has 1 amide bonds. The summed E-state index contributed by atoms with van der Waals surface area (Å²) < 4.78 is 16.6. The van der Waals surface area contributed by atoms with E-state index in [0.29, 0.717) is 24.7 Å². The van der Waals surface area contributed by atoms with Crippen molar-refractivity contribution in [2.75, 3.05) is 14.2 Å². The largest absolute Gasteiger partial charge is 0.497 e. The van der Waals surface area contributed by atoms with Gasteiger partial charge in [-0.1, -0.05) is 38.5 Å². The zero-order chi connectivity index (χ0) is 20.5. The maximum Gasteiger partial charge on any atom is 0.234 e. The first-order chi connectivity index (χ1) is 13.5. The van der Waals surface area contributed by atoms with Crippen molar-refractivity contribution in [1.29, 1.82) is 0 Å². The molecule has 0 bridgehead atoms. The first kappa shape index (κ1) is 21.6. The lowest BCUT2D eigenvalue weighted by atomic mass is 9.98. The Balaban J connectivity index is 2.03. The molecule has 0 heterocycles. The highest BCUT2D eigenvalue weighted by molar-refractivity contribution is 5.80. The highest BCUT2D eigenvalue weighted by Crippen LogP contribution is 2.26. The van der Waals surface area contributed by atoms with Crippen molar-refractivity contribution in [3.63, 3.8) is 0 Å². The van der Waals surface area contributed by atoms with E-state index in [9.17, 15) is 4.79 Å². The number of nitrogens with two attached hydrogens (primary N) is 1. The summed E-state index contributed by atoms with van der Waals surface area (Å²) in [6.07, 6.45) is 0.870. The average Bonchev–Trinajstić information content (AvgIpc) is 2.72. The average molecular weight is 386 g/mol. The Morgan fingerprint density at radius 3 is 2.54 bits per heavy atom. The summed E-state index contributed by atoms with van der Waals surface area (Å²) in [7, 11) is 3.26. The van der Waals surface area contributed by atoms with Crippen LogP contribution < -0.4 is 25.3 Å². The van der Waals surface area contributed by atoms with Gasteiger partial charge in [-0.05, 0) is 29.7 Å². The lowest BCUT2D eigenvalue weighted by Crippen LogP contribution is -2.45. The lowest BCUT2D eigenvalue weighted by Gasteiger charge is -2.22. The van der Waals surface area contributed by atoms with Crippen LogP contribution in [0.25, 0.3) is 0 Å². The first-order valence-electron chi connectivity index (χ1n) is 9.43. The van der Waals surface area contributed by atoms with Crippen LogP contribution in [0, 0.1) is 5.92 Å². The summed E-state index contributed by atoms with van der Waals surface area (Å²) in [5.41, 5.74) is 7.48. The molecule has 6 nitrogen and oxygen atoms in total. The molecule has 0 radical (unpaired) electrons. The number of amides is 1. The van der Waals surface area contributed by atoms with Crippen LogP contribution in [0.3, 0.4) is 0 Å². The maximum absolute atomic E-state index is 11.7. The van der Waals surface area contributed by atoms with E-state index >= 15 is 0 Å². The Hall–Kier alpha value is -2.73. The van der Waals surface area contributed by atoms with Crippen LogP contribution in [-0.2, 0) is 17.9 Å². The van der Waals surface area contributed by atoms with E-state index in [1.165, 1.54) is 0 Å². The van der Waals surface area contributed by atoms with Crippen molar-refractivity contribution in [3.8, 4) is 17.2 Å². The van der Waals surface area contributed by atoms with Crippen LogP contribution in [-0.4, -0.2) is 26.2 Å². The van der Waals surface area contributed by atoms with Gasteiger partial charge in [0.15, 0.2) is 0 Å². The van der Waals surface area contributed by atoms with Crippen LogP contribution >= 0.6 is 0 Å². The third-order valence-corrected chi connectivity index (χ3v) is 4.83. The summed E-state index contributed by atoms with van der Waals surface area (Å²) in [4.78, 5) is 11.7. The smallest absolute Gasteiger partial charge is 0.234 e. The number of carbonyl (C=O) groups excluding carboxylic acids is 1. The molecule has 1 unspecified atom stereocenters. The van der Waals surface area contributed by atoms with Gasteiger partial charge >= 0.3 is 0 Å². The molecule has 0 saturated heterocycles. The molecule has 0 aliphatic rings. The summed E-state index contributed by atoms with van der Waals surface area (Å²) in [5.74, 6) is 2.02. The number of ether oxygens (including phenoxy) is 3. The van der Waals surface area contributed by atoms with Gasteiger partial charge in [0, 0.05) is 18.2 Å². The highest BCUT2D eigenvalue weighted by atomic mass is 16.5. The van der Waals surface area contributed by atoms with Crippen LogP contribution in [0.5, 0.6) is 17.2 Å². The molecular formula is C22H30N2O4. The molecule has 2 atom stereocenters. The van der Waals surface area contributed by atoms with E-state index in [2.05, 4.69) is 5.32 Å². The van der Waals surface area contributed by atoms with Gasteiger partial charge in [0.1, 0.15) is 23.9 Å². The number of primary amides is 1. The van der Waals surface area contributed by atoms with Gasteiger partial charge < -0.3 is 25.3 Å². The van der Waals surface area contributed by atoms with Crippen LogP contribution in [0.2, 0.25) is 0 Å². The minimum Gasteiger partial charge on any atom is -0.497 e. The van der Waals surface area contributed by atoms with Gasteiger partial charge in [0.25, 0.3) is 0 Å². The molecule has 0 aliphatic heterocycles. The third-order valence-electron chi connectivity index (χ3n) is 4.83. The molecule has 2 rings (SSSR count). The van der Waals surface area contributed by atoms with Crippen molar-refractivity contribution in [2.45, 2.75) is 39.5 Å². The SMILES string of the molecule is CCC(C)[C@H](NCc1ccc(OCc2cccc(OC)c2)cc1OC)C(N)=O. The van der Waals surface area contributed by atoms with Crippen molar-refractivity contribution in [3.05, 3.63) is 53.6 Å². The Bertz CT molecular complexity index is 779. The van der Waals surface area contributed by atoms with Gasteiger partial charge in [-0.3, -0.25) is 4.79 Å². The molecule has 0 spiro atoms. The molecule has 3 N–H and O–H groups in total. The van der Waals surface area contributed by atoms with E-state index in [4.69, 9.17) is 19.9 Å². The number of rotatable bonds is 11. The van der Waals surface area contributed by atoms with E-state index in [-0.39, 0.29) is 17.9 Å². The summed E-state index contributed by atoms with van der Waals surface area (Å²) in [5, 5.41) is 3.24. The quantitative estimate of drug-likeness (QED) is 0.619. The summed E-state index contributed by atoms with van der Waals surface area (Å²) >= 11 is 0. The lowest BCUT2D eigenvalue weighted by molar-refractivity contribution is -0.121. The van der Waals surface area contributed by atoms with Gasteiger partial charge in [-0.2, -0.15) is 0 Å². The van der Waals surface area contributed by atoms with Crippen molar-refractivity contribution in [1.82, 2.24) is 5.32 Å². The number of methoxy groups -OCH3 is 2. The monoisotopic (exact) mass is 386 g/mol. The Labute approximate surface area is 167 Å². The fourth-order valence-corrected chi connectivity index (χ4v) is 2.93. The Morgan fingerprint density at radius 1 is 1.11 bits per heavy atom. The fraction of sp³-hybridized carbons (Fsp3) is 0.409. The van der Waals surface area contributed by atoms with Gasteiger partial charge in [0.05, 0.1) is 20.3 Å². The zero-order valence-corrected chi connectivity index (χ0v) is 17.0. The summed E-state index contributed by atoms with van der Waals surface area (Å²) in [6.45, 7) is 4.96. The normalized spacial score (nSPS) is 12.9. The van der Waals surface area contributed by atoms with Gasteiger partial charge in [0.2, 0.25) is 5.91 Å². The molecule has 2 aromatic rings. The van der Waals surface area contributed by atoms with Crippen LogP contribution in [0.15, 0.2) is 42.5 Å². The summed E-state index contributed by atoms with van der Waals surface area (Å²) in [6, 6.07) is 13.0. The number of carbonyl (C=O) groups is 1. The Kier molecular flexibility index (Phi) is 8.14. The second kappa shape index (κ2) is 10.6. The molecule has 0 saturated carbocycles. The fourth-order valence-electron chi connectivity index (χ4n) is 2.93. The van der Waals surface area contributed by atoms with Crippen LogP contribution in [0.1, 0.15) is 31.4 Å². The predicted octanol–water partition coefficient (Wildman–Crippen LogP) is 3.27. The molecule has 28 heavy (non-hydrogen) atoms. The standard InChI is InChI=1S/C22H30N2O4/c1-5-15(2)21(22(23)25)24-13-17-9-10-19(12-20(17)27-4)28-14-16-7-6-8-18(11-16)26-3/h6-12,15,21,24H,5,13-14H2,1-4H3,(H2,23,25)/t15?,21-/m0/s1. The zero-order valence-electron chi connectivity index (χ0n) is 17.0. The maximum atomic E-state index is 11.7. The first-order valence-corrected chi connectivity index (χ1v) is 9.43. The molecule has 6 heteroatoms. The third kappa shape index (κ3) is 5.89. The molecule has 2 aromatic carbocycles. The van der Waals surface area contributed by atoms with Crippen LogP contribution in [0.4, 0.5) is 0 Å². The van der Waals surface area contributed by atoms with Crippen molar-refractivity contribution in [2.24, 2.45) is 11.7 Å². The van der Waals surface area contributed by atoms with E-state index < -0.39 is 0 Å². The minimum absolute atomic E-state index is 0.161. The molecular weight excluding hydrogens is 356 g/mol. The molecule has 0 fully saturated rings. The Morgan fingerprint density at radius 2 is 1.89 bits per heavy atom. The van der Waals surface area contributed by atoms with Crippen molar-refractivity contribution < 1.29 is 19.0 Å². The number of nitrogens with one attached hydrogen (secondary N) is 1. The number of benzene rings is 2. The topological polar surface area (TPSA) is 82.8 Å². The minimum atomic E-state index is -0.376. The van der Waals surface area contributed by atoms with E-state index in [1.54, 1.807) is 14.2 Å². The van der Waals surface area contributed by atoms with E-state index in [0.717, 1.165) is 23.3 Å². The predicted molar refractivity (Wildman–Crippen MR) is 110 cm³/mol. The second-order valence-electron chi connectivity index (χ2n) is 6.76. The number of hydrogen-bond acceptors (Lipinski definition) is 5. The molecule has 0 aromatic heterocycles.